The zero-order valence-electron chi connectivity index (χ0n) is 9.23. The molecule has 0 aromatic carbocycles. The SMILES string of the molecule is CCOC(=O)CN(CC)Cc1ccco1. The summed E-state index contributed by atoms with van der Waals surface area (Å²) in [4.78, 5) is 13.2. The maximum Gasteiger partial charge on any atom is 0.320 e. The van der Waals surface area contributed by atoms with Crippen LogP contribution in [-0.4, -0.2) is 30.6 Å². The first-order valence-electron chi connectivity index (χ1n) is 5.16. The molecule has 0 saturated carbocycles. The van der Waals surface area contributed by atoms with E-state index in [0.717, 1.165) is 12.3 Å². The summed E-state index contributed by atoms with van der Waals surface area (Å²) in [7, 11) is 0. The van der Waals surface area contributed by atoms with Gasteiger partial charge >= 0.3 is 5.97 Å². The van der Waals surface area contributed by atoms with E-state index in [1.54, 1.807) is 13.2 Å². The molecule has 0 aliphatic heterocycles. The lowest BCUT2D eigenvalue weighted by Gasteiger charge is -2.17. The average molecular weight is 211 g/mol. The summed E-state index contributed by atoms with van der Waals surface area (Å²) in [5.41, 5.74) is 0. The zero-order valence-corrected chi connectivity index (χ0v) is 9.23. The topological polar surface area (TPSA) is 42.7 Å². The molecule has 0 fully saturated rings. The number of hydrogen-bond acceptors (Lipinski definition) is 4. The van der Waals surface area contributed by atoms with Crippen molar-refractivity contribution in [2.24, 2.45) is 0 Å². The molecule has 0 radical (unpaired) electrons. The minimum Gasteiger partial charge on any atom is -0.468 e. The predicted molar refractivity (Wildman–Crippen MR) is 56.3 cm³/mol. The molecular formula is C11H17NO3. The number of nitrogens with zero attached hydrogens (tertiary/aromatic N) is 1. The van der Waals surface area contributed by atoms with Crippen LogP contribution in [0.5, 0.6) is 0 Å². The Labute approximate surface area is 89.8 Å². The van der Waals surface area contributed by atoms with E-state index in [4.69, 9.17) is 9.15 Å². The molecule has 1 aromatic rings. The van der Waals surface area contributed by atoms with Crippen molar-refractivity contribution in [3.8, 4) is 0 Å². The molecular weight excluding hydrogens is 194 g/mol. The Kier molecular flexibility index (Phi) is 4.90. The van der Waals surface area contributed by atoms with Crippen LogP contribution < -0.4 is 0 Å². The van der Waals surface area contributed by atoms with Gasteiger partial charge in [-0.2, -0.15) is 0 Å². The second-order valence-corrected chi connectivity index (χ2v) is 3.19. The lowest BCUT2D eigenvalue weighted by Crippen LogP contribution is -2.30. The van der Waals surface area contributed by atoms with Gasteiger partial charge in [0.1, 0.15) is 5.76 Å². The van der Waals surface area contributed by atoms with Gasteiger partial charge in [0, 0.05) is 0 Å². The molecule has 1 aromatic heterocycles. The molecule has 0 saturated heterocycles. The van der Waals surface area contributed by atoms with Gasteiger partial charge in [-0.3, -0.25) is 9.69 Å². The van der Waals surface area contributed by atoms with Gasteiger partial charge in [-0.05, 0) is 25.6 Å². The maximum atomic E-state index is 11.2. The van der Waals surface area contributed by atoms with Gasteiger partial charge in [0.2, 0.25) is 0 Å². The number of hydrogen-bond donors (Lipinski definition) is 0. The van der Waals surface area contributed by atoms with Crippen molar-refractivity contribution in [3.63, 3.8) is 0 Å². The van der Waals surface area contributed by atoms with Gasteiger partial charge < -0.3 is 9.15 Å². The maximum absolute atomic E-state index is 11.2. The van der Waals surface area contributed by atoms with Crippen LogP contribution >= 0.6 is 0 Å². The Morgan fingerprint density at radius 1 is 1.53 bits per heavy atom. The van der Waals surface area contributed by atoms with E-state index in [-0.39, 0.29) is 5.97 Å². The molecule has 0 atom stereocenters. The minimum atomic E-state index is -0.189. The summed E-state index contributed by atoms with van der Waals surface area (Å²) in [6.07, 6.45) is 1.63. The van der Waals surface area contributed by atoms with Crippen LogP contribution in [-0.2, 0) is 16.1 Å². The summed E-state index contributed by atoms with van der Waals surface area (Å²) >= 11 is 0. The summed E-state index contributed by atoms with van der Waals surface area (Å²) in [6, 6.07) is 3.74. The molecule has 0 aliphatic carbocycles. The van der Waals surface area contributed by atoms with E-state index >= 15 is 0 Å². The molecule has 4 heteroatoms. The molecule has 0 spiro atoms. The lowest BCUT2D eigenvalue weighted by molar-refractivity contribution is -0.144. The predicted octanol–water partition coefficient (Wildman–Crippen LogP) is 1.66. The molecule has 0 bridgehead atoms. The van der Waals surface area contributed by atoms with Crippen molar-refractivity contribution in [1.29, 1.82) is 0 Å². The third-order valence-corrected chi connectivity index (χ3v) is 2.06. The Bertz CT molecular complexity index is 282. The number of likely N-dealkylation sites (N-methyl/N-ethyl adjacent to an activating group) is 1. The van der Waals surface area contributed by atoms with Crippen molar-refractivity contribution < 1.29 is 13.9 Å². The first-order valence-corrected chi connectivity index (χ1v) is 5.16. The third-order valence-electron chi connectivity index (χ3n) is 2.06. The summed E-state index contributed by atoms with van der Waals surface area (Å²) in [5.74, 6) is 0.673. The highest BCUT2D eigenvalue weighted by Gasteiger charge is 2.11. The number of esters is 1. The molecule has 84 valence electrons. The highest BCUT2D eigenvalue weighted by Crippen LogP contribution is 2.04. The van der Waals surface area contributed by atoms with E-state index in [2.05, 4.69) is 0 Å². The first kappa shape index (κ1) is 11.8. The molecule has 0 aliphatic rings. The van der Waals surface area contributed by atoms with E-state index < -0.39 is 0 Å². The van der Waals surface area contributed by atoms with Crippen LogP contribution in [0.3, 0.4) is 0 Å². The molecule has 1 rings (SSSR count). The molecule has 4 nitrogen and oxygen atoms in total. The van der Waals surface area contributed by atoms with Gasteiger partial charge in [-0.15, -0.1) is 0 Å². The number of furan rings is 1. The van der Waals surface area contributed by atoms with Gasteiger partial charge in [-0.25, -0.2) is 0 Å². The van der Waals surface area contributed by atoms with Crippen LogP contribution in [0.2, 0.25) is 0 Å². The Balaban J connectivity index is 2.39. The summed E-state index contributed by atoms with van der Waals surface area (Å²) in [5, 5.41) is 0. The zero-order chi connectivity index (χ0) is 11.1. The number of carbonyl (C=O) groups excluding carboxylic acids is 1. The van der Waals surface area contributed by atoms with Crippen molar-refractivity contribution in [3.05, 3.63) is 24.2 Å². The van der Waals surface area contributed by atoms with E-state index in [9.17, 15) is 4.79 Å². The van der Waals surface area contributed by atoms with Crippen LogP contribution in [0.25, 0.3) is 0 Å². The van der Waals surface area contributed by atoms with Crippen LogP contribution in [0, 0.1) is 0 Å². The standard InChI is InChI=1S/C11H17NO3/c1-3-12(9-11(13)14-4-2)8-10-6-5-7-15-10/h5-7H,3-4,8-9H2,1-2H3. The number of ether oxygens (including phenoxy) is 1. The fraction of sp³-hybridized carbons (Fsp3) is 0.545. The highest BCUT2D eigenvalue weighted by molar-refractivity contribution is 5.71. The van der Waals surface area contributed by atoms with Crippen molar-refractivity contribution in [1.82, 2.24) is 4.90 Å². The highest BCUT2D eigenvalue weighted by atomic mass is 16.5. The van der Waals surface area contributed by atoms with Crippen LogP contribution in [0.4, 0.5) is 0 Å². The third kappa shape index (κ3) is 4.16. The second kappa shape index (κ2) is 6.24. The Morgan fingerprint density at radius 3 is 2.87 bits per heavy atom. The van der Waals surface area contributed by atoms with Crippen molar-refractivity contribution in [2.75, 3.05) is 19.7 Å². The smallest absolute Gasteiger partial charge is 0.320 e. The fourth-order valence-corrected chi connectivity index (χ4v) is 1.29. The quantitative estimate of drug-likeness (QED) is 0.671. The summed E-state index contributed by atoms with van der Waals surface area (Å²) < 4.78 is 10.1. The van der Waals surface area contributed by atoms with Crippen LogP contribution in [0.15, 0.2) is 22.8 Å². The Hall–Kier alpha value is -1.29. The van der Waals surface area contributed by atoms with Crippen molar-refractivity contribution in [2.45, 2.75) is 20.4 Å². The van der Waals surface area contributed by atoms with Gasteiger partial charge in [0.15, 0.2) is 0 Å². The lowest BCUT2D eigenvalue weighted by atomic mass is 10.4. The fourth-order valence-electron chi connectivity index (χ4n) is 1.29. The molecule has 0 N–H and O–H groups in total. The van der Waals surface area contributed by atoms with Crippen LogP contribution in [0.1, 0.15) is 19.6 Å². The Morgan fingerprint density at radius 2 is 2.33 bits per heavy atom. The molecule has 0 unspecified atom stereocenters. The first-order chi connectivity index (χ1) is 7.26. The number of rotatable bonds is 6. The number of carbonyl (C=O) groups is 1. The molecule has 15 heavy (non-hydrogen) atoms. The average Bonchev–Trinajstić information content (AvgIpc) is 2.70. The largest absolute Gasteiger partial charge is 0.468 e. The van der Waals surface area contributed by atoms with Gasteiger partial charge in [-0.1, -0.05) is 6.92 Å². The van der Waals surface area contributed by atoms with E-state index in [0.29, 0.717) is 19.7 Å². The molecule has 1 heterocycles. The monoisotopic (exact) mass is 211 g/mol. The van der Waals surface area contributed by atoms with E-state index in [1.807, 2.05) is 24.0 Å². The van der Waals surface area contributed by atoms with Gasteiger partial charge in [0.05, 0.1) is 26.0 Å². The van der Waals surface area contributed by atoms with Gasteiger partial charge in [0.25, 0.3) is 0 Å². The minimum absolute atomic E-state index is 0.189. The van der Waals surface area contributed by atoms with Crippen molar-refractivity contribution >= 4 is 5.97 Å². The molecule has 0 amide bonds. The normalized spacial score (nSPS) is 10.6. The summed E-state index contributed by atoms with van der Waals surface area (Å²) in [6.45, 7) is 5.98. The van der Waals surface area contributed by atoms with E-state index in [1.165, 1.54) is 0 Å². The second-order valence-electron chi connectivity index (χ2n) is 3.19.